The molecule has 116 valence electrons. The lowest BCUT2D eigenvalue weighted by molar-refractivity contribution is 0.0946. The third-order valence-electron chi connectivity index (χ3n) is 3.72. The number of carbonyl (C=O) groups is 1. The van der Waals surface area contributed by atoms with Crippen LogP contribution in [0.3, 0.4) is 0 Å². The molecule has 0 aliphatic carbocycles. The van der Waals surface area contributed by atoms with Crippen molar-refractivity contribution in [3.05, 3.63) is 59.5 Å². The van der Waals surface area contributed by atoms with Crippen molar-refractivity contribution in [3.8, 4) is 11.5 Å². The Bertz CT molecular complexity index is 904. The molecule has 4 rings (SSSR count). The fraction of sp³-hybridized carbons (Fsp3) is 0.118. The average Bonchev–Trinajstić information content (AvgIpc) is 3.17. The van der Waals surface area contributed by atoms with Crippen LogP contribution in [0.1, 0.15) is 16.1 Å². The van der Waals surface area contributed by atoms with E-state index in [1.807, 2.05) is 18.2 Å². The molecule has 5 nitrogen and oxygen atoms in total. The van der Waals surface area contributed by atoms with Gasteiger partial charge in [-0.3, -0.25) is 4.79 Å². The van der Waals surface area contributed by atoms with Crippen LogP contribution >= 0.6 is 0 Å². The van der Waals surface area contributed by atoms with Crippen LogP contribution in [-0.2, 0) is 6.54 Å². The third kappa shape index (κ3) is 2.59. The van der Waals surface area contributed by atoms with Crippen molar-refractivity contribution in [2.75, 3.05) is 6.79 Å². The van der Waals surface area contributed by atoms with Gasteiger partial charge in [-0.05, 0) is 42.0 Å². The summed E-state index contributed by atoms with van der Waals surface area (Å²) in [5, 5.41) is 3.49. The molecule has 0 atom stereocenters. The van der Waals surface area contributed by atoms with Gasteiger partial charge in [0.05, 0.1) is 0 Å². The maximum Gasteiger partial charge on any atom is 0.267 e. The number of benzene rings is 2. The Morgan fingerprint density at radius 2 is 2.00 bits per heavy atom. The fourth-order valence-electron chi connectivity index (χ4n) is 2.55. The molecule has 23 heavy (non-hydrogen) atoms. The van der Waals surface area contributed by atoms with Gasteiger partial charge in [0.15, 0.2) is 11.5 Å². The molecule has 2 N–H and O–H groups in total. The van der Waals surface area contributed by atoms with Gasteiger partial charge in [0.2, 0.25) is 6.79 Å². The molecular weight excluding hydrogens is 299 g/mol. The second kappa shape index (κ2) is 5.31. The predicted octanol–water partition coefficient (Wildman–Crippen LogP) is 2.97. The molecule has 1 amide bonds. The minimum atomic E-state index is -0.330. The predicted molar refractivity (Wildman–Crippen MR) is 82.0 cm³/mol. The van der Waals surface area contributed by atoms with Gasteiger partial charge >= 0.3 is 0 Å². The topological polar surface area (TPSA) is 63.4 Å². The second-order valence-electron chi connectivity index (χ2n) is 5.28. The Morgan fingerprint density at radius 3 is 2.91 bits per heavy atom. The van der Waals surface area contributed by atoms with E-state index in [0.29, 0.717) is 29.1 Å². The van der Waals surface area contributed by atoms with Gasteiger partial charge in [-0.1, -0.05) is 6.07 Å². The number of fused-ring (bicyclic) bond motifs is 2. The van der Waals surface area contributed by atoms with Gasteiger partial charge in [-0.2, -0.15) is 0 Å². The summed E-state index contributed by atoms with van der Waals surface area (Å²) in [6.07, 6.45) is 0. The highest BCUT2D eigenvalue weighted by atomic mass is 19.1. The lowest BCUT2D eigenvalue weighted by Crippen LogP contribution is -2.23. The number of amides is 1. The number of ether oxygens (including phenoxy) is 2. The molecule has 0 saturated heterocycles. The lowest BCUT2D eigenvalue weighted by Gasteiger charge is -2.05. The van der Waals surface area contributed by atoms with Crippen LogP contribution in [-0.4, -0.2) is 17.7 Å². The van der Waals surface area contributed by atoms with Crippen LogP contribution in [0, 0.1) is 5.82 Å². The van der Waals surface area contributed by atoms with E-state index in [2.05, 4.69) is 10.3 Å². The highest BCUT2D eigenvalue weighted by Gasteiger charge is 2.14. The van der Waals surface area contributed by atoms with Gasteiger partial charge in [0.25, 0.3) is 5.91 Å². The summed E-state index contributed by atoms with van der Waals surface area (Å²) in [4.78, 5) is 15.2. The molecular formula is C17H13FN2O3. The maximum atomic E-state index is 13.2. The van der Waals surface area contributed by atoms with E-state index in [0.717, 1.165) is 11.1 Å². The molecule has 2 heterocycles. The van der Waals surface area contributed by atoms with Crippen molar-refractivity contribution in [2.24, 2.45) is 0 Å². The fourth-order valence-corrected chi connectivity index (χ4v) is 2.55. The van der Waals surface area contributed by atoms with Gasteiger partial charge in [-0.25, -0.2) is 4.39 Å². The minimum absolute atomic E-state index is 0.219. The Hall–Kier alpha value is -3.02. The summed E-state index contributed by atoms with van der Waals surface area (Å²) in [6.45, 7) is 0.579. The molecule has 0 radical (unpaired) electrons. The number of nitrogens with one attached hydrogen (secondary N) is 2. The Morgan fingerprint density at radius 1 is 1.13 bits per heavy atom. The summed E-state index contributed by atoms with van der Waals surface area (Å²) in [5.41, 5.74) is 2.02. The second-order valence-corrected chi connectivity index (χ2v) is 5.28. The van der Waals surface area contributed by atoms with Crippen molar-refractivity contribution in [2.45, 2.75) is 6.54 Å². The highest BCUT2D eigenvalue weighted by Crippen LogP contribution is 2.32. The van der Waals surface area contributed by atoms with E-state index in [1.165, 1.54) is 12.1 Å². The minimum Gasteiger partial charge on any atom is -0.454 e. The first-order valence-electron chi connectivity index (χ1n) is 7.14. The maximum absolute atomic E-state index is 13.2. The van der Waals surface area contributed by atoms with E-state index in [9.17, 15) is 9.18 Å². The van der Waals surface area contributed by atoms with Crippen LogP contribution in [0.5, 0.6) is 11.5 Å². The molecule has 0 spiro atoms. The number of H-pyrrole nitrogens is 1. The first-order valence-corrected chi connectivity index (χ1v) is 7.14. The molecule has 1 aromatic heterocycles. The van der Waals surface area contributed by atoms with Gasteiger partial charge < -0.3 is 19.8 Å². The van der Waals surface area contributed by atoms with Crippen molar-refractivity contribution in [1.29, 1.82) is 0 Å². The van der Waals surface area contributed by atoms with E-state index in [-0.39, 0.29) is 18.5 Å². The Kier molecular flexibility index (Phi) is 3.15. The van der Waals surface area contributed by atoms with Crippen LogP contribution in [0.15, 0.2) is 42.5 Å². The zero-order valence-corrected chi connectivity index (χ0v) is 12.1. The van der Waals surface area contributed by atoms with Crippen LogP contribution in [0.2, 0.25) is 0 Å². The van der Waals surface area contributed by atoms with Crippen molar-refractivity contribution < 1.29 is 18.7 Å². The van der Waals surface area contributed by atoms with Crippen molar-refractivity contribution in [3.63, 3.8) is 0 Å². The molecule has 2 aromatic carbocycles. The molecule has 0 unspecified atom stereocenters. The van der Waals surface area contributed by atoms with Crippen LogP contribution in [0.25, 0.3) is 10.9 Å². The third-order valence-corrected chi connectivity index (χ3v) is 3.72. The molecule has 0 saturated carbocycles. The quantitative estimate of drug-likeness (QED) is 0.781. The monoisotopic (exact) mass is 312 g/mol. The van der Waals surface area contributed by atoms with E-state index >= 15 is 0 Å². The summed E-state index contributed by atoms with van der Waals surface area (Å²) >= 11 is 0. The van der Waals surface area contributed by atoms with Crippen LogP contribution < -0.4 is 14.8 Å². The smallest absolute Gasteiger partial charge is 0.267 e. The van der Waals surface area contributed by atoms with Crippen LogP contribution in [0.4, 0.5) is 4.39 Å². The number of aromatic nitrogens is 1. The zero-order valence-electron chi connectivity index (χ0n) is 12.1. The summed E-state index contributed by atoms with van der Waals surface area (Å²) < 4.78 is 23.7. The number of carbonyl (C=O) groups excluding carboxylic acids is 1. The molecule has 0 bridgehead atoms. The SMILES string of the molecule is O=C(NCc1ccc2c(c1)OCO2)c1cc2cc(F)ccc2[nH]1. The van der Waals surface area contributed by atoms with E-state index in [1.54, 1.807) is 12.1 Å². The zero-order chi connectivity index (χ0) is 15.8. The molecule has 1 aliphatic heterocycles. The number of halogens is 1. The lowest BCUT2D eigenvalue weighted by atomic mass is 10.2. The molecule has 0 fully saturated rings. The Balaban J connectivity index is 1.48. The van der Waals surface area contributed by atoms with Crippen molar-refractivity contribution >= 4 is 16.8 Å². The molecule has 3 aromatic rings. The number of hydrogen-bond donors (Lipinski definition) is 2. The highest BCUT2D eigenvalue weighted by molar-refractivity contribution is 5.97. The van der Waals surface area contributed by atoms with E-state index in [4.69, 9.17) is 9.47 Å². The van der Waals surface area contributed by atoms with Gasteiger partial charge in [-0.15, -0.1) is 0 Å². The number of hydrogen-bond acceptors (Lipinski definition) is 3. The first kappa shape index (κ1) is 13.6. The molecule has 6 heteroatoms. The van der Waals surface area contributed by atoms with Gasteiger partial charge in [0.1, 0.15) is 11.5 Å². The first-order chi connectivity index (χ1) is 11.2. The standard InChI is InChI=1S/C17H13FN2O3/c18-12-2-3-13-11(6-12)7-14(20-13)17(21)19-8-10-1-4-15-16(5-10)23-9-22-15/h1-7,20H,8-9H2,(H,19,21). The van der Waals surface area contributed by atoms with Crippen molar-refractivity contribution in [1.82, 2.24) is 10.3 Å². The average molecular weight is 312 g/mol. The Labute approximate surface area is 131 Å². The summed E-state index contributed by atoms with van der Waals surface area (Å²) in [5.74, 6) is 0.804. The summed E-state index contributed by atoms with van der Waals surface area (Å²) in [7, 11) is 0. The summed E-state index contributed by atoms with van der Waals surface area (Å²) in [6, 6.07) is 11.5. The molecule has 1 aliphatic rings. The van der Waals surface area contributed by atoms with E-state index < -0.39 is 0 Å². The number of aromatic amines is 1. The normalized spacial score (nSPS) is 12.6. The number of rotatable bonds is 3. The van der Waals surface area contributed by atoms with Gasteiger partial charge in [0, 0.05) is 17.4 Å². The largest absolute Gasteiger partial charge is 0.454 e.